The second-order valence-corrected chi connectivity index (χ2v) is 6.29. The molecule has 0 heterocycles. The highest BCUT2D eigenvalue weighted by Crippen LogP contribution is 2.15. The van der Waals surface area contributed by atoms with E-state index in [4.69, 9.17) is 11.6 Å². The summed E-state index contributed by atoms with van der Waals surface area (Å²) in [7, 11) is 0. The van der Waals surface area contributed by atoms with Gasteiger partial charge in [0.1, 0.15) is 17.7 Å². The van der Waals surface area contributed by atoms with E-state index in [0.717, 1.165) is 12.1 Å². The topological polar surface area (TPSA) is 58.2 Å². The van der Waals surface area contributed by atoms with Crippen LogP contribution >= 0.6 is 11.6 Å². The smallest absolute Gasteiger partial charge is 0.251 e. The lowest BCUT2D eigenvalue weighted by molar-refractivity contribution is -0.118. The van der Waals surface area contributed by atoms with Gasteiger partial charge < -0.3 is 10.6 Å². The van der Waals surface area contributed by atoms with Crippen LogP contribution in [0.4, 0.5) is 14.5 Å². The fourth-order valence-electron chi connectivity index (χ4n) is 2.21. The SMILES string of the molecule is CC(C)[C@H](NC(=O)c1ccc(Cl)cc1)C(=O)Nc1cc(F)cc(F)c1. The van der Waals surface area contributed by atoms with E-state index in [1.54, 1.807) is 26.0 Å². The zero-order valence-corrected chi connectivity index (χ0v) is 14.4. The number of rotatable bonds is 5. The molecule has 7 heteroatoms. The van der Waals surface area contributed by atoms with Crippen molar-refractivity contribution in [3.05, 3.63) is 64.7 Å². The van der Waals surface area contributed by atoms with E-state index in [2.05, 4.69) is 10.6 Å². The van der Waals surface area contributed by atoms with Gasteiger partial charge in [0.25, 0.3) is 5.91 Å². The summed E-state index contributed by atoms with van der Waals surface area (Å²) < 4.78 is 26.5. The van der Waals surface area contributed by atoms with Crippen LogP contribution in [-0.4, -0.2) is 17.9 Å². The molecule has 0 aliphatic heterocycles. The summed E-state index contributed by atoms with van der Waals surface area (Å²) in [5, 5.41) is 5.52. The molecule has 0 unspecified atom stereocenters. The molecule has 0 spiro atoms. The first-order chi connectivity index (χ1) is 11.8. The third-order valence-electron chi connectivity index (χ3n) is 3.47. The lowest BCUT2D eigenvalue weighted by atomic mass is 10.0. The van der Waals surface area contributed by atoms with Crippen molar-refractivity contribution in [2.75, 3.05) is 5.32 Å². The van der Waals surface area contributed by atoms with Gasteiger partial charge in [0.2, 0.25) is 5.91 Å². The van der Waals surface area contributed by atoms with Crippen molar-refractivity contribution >= 4 is 29.1 Å². The van der Waals surface area contributed by atoms with Gasteiger partial charge in [-0.2, -0.15) is 0 Å². The van der Waals surface area contributed by atoms with Crippen molar-refractivity contribution in [3.63, 3.8) is 0 Å². The first-order valence-corrected chi connectivity index (χ1v) is 7.97. The highest BCUT2D eigenvalue weighted by Gasteiger charge is 2.25. The summed E-state index contributed by atoms with van der Waals surface area (Å²) in [5.41, 5.74) is 0.327. The van der Waals surface area contributed by atoms with E-state index < -0.39 is 29.5 Å². The van der Waals surface area contributed by atoms with E-state index in [9.17, 15) is 18.4 Å². The molecule has 0 saturated heterocycles. The average molecular weight is 367 g/mol. The zero-order chi connectivity index (χ0) is 18.6. The second kappa shape index (κ2) is 8.07. The third kappa shape index (κ3) is 5.26. The van der Waals surface area contributed by atoms with E-state index in [0.29, 0.717) is 16.7 Å². The van der Waals surface area contributed by atoms with Crippen LogP contribution in [0.1, 0.15) is 24.2 Å². The van der Waals surface area contributed by atoms with Gasteiger partial charge in [0.15, 0.2) is 0 Å². The predicted octanol–water partition coefficient (Wildman–Crippen LogP) is 4.01. The Kier molecular flexibility index (Phi) is 6.09. The van der Waals surface area contributed by atoms with E-state index in [-0.39, 0.29) is 11.6 Å². The molecule has 2 amide bonds. The molecule has 2 aromatic carbocycles. The molecule has 2 aromatic rings. The van der Waals surface area contributed by atoms with Crippen molar-refractivity contribution in [2.45, 2.75) is 19.9 Å². The van der Waals surface area contributed by atoms with Crippen molar-refractivity contribution in [1.29, 1.82) is 0 Å². The van der Waals surface area contributed by atoms with Gasteiger partial charge in [-0.05, 0) is 42.3 Å². The number of amides is 2. The van der Waals surface area contributed by atoms with Gasteiger partial charge in [0, 0.05) is 22.3 Å². The molecule has 2 N–H and O–H groups in total. The van der Waals surface area contributed by atoms with Crippen molar-refractivity contribution in [1.82, 2.24) is 5.32 Å². The number of hydrogen-bond donors (Lipinski definition) is 2. The molecule has 0 aliphatic carbocycles. The largest absolute Gasteiger partial charge is 0.340 e. The lowest BCUT2D eigenvalue weighted by Crippen LogP contribution is -2.47. The summed E-state index contributed by atoms with van der Waals surface area (Å²) in [6, 6.07) is 8.03. The van der Waals surface area contributed by atoms with Crippen LogP contribution in [0.15, 0.2) is 42.5 Å². The molecule has 132 valence electrons. The highest BCUT2D eigenvalue weighted by atomic mass is 35.5. The molecule has 1 atom stereocenters. The molecular weight excluding hydrogens is 350 g/mol. The third-order valence-corrected chi connectivity index (χ3v) is 3.72. The molecule has 0 aromatic heterocycles. The zero-order valence-electron chi connectivity index (χ0n) is 13.6. The maximum absolute atomic E-state index is 13.2. The van der Waals surface area contributed by atoms with Crippen LogP contribution < -0.4 is 10.6 Å². The maximum atomic E-state index is 13.2. The highest BCUT2D eigenvalue weighted by molar-refractivity contribution is 6.30. The molecular formula is C18H17ClF2N2O2. The monoisotopic (exact) mass is 366 g/mol. The van der Waals surface area contributed by atoms with Crippen LogP contribution in [0.2, 0.25) is 5.02 Å². The van der Waals surface area contributed by atoms with Gasteiger partial charge in [0.05, 0.1) is 0 Å². The Morgan fingerprint density at radius 1 is 1.00 bits per heavy atom. The Morgan fingerprint density at radius 2 is 1.56 bits per heavy atom. The van der Waals surface area contributed by atoms with Crippen LogP contribution in [0.25, 0.3) is 0 Å². The van der Waals surface area contributed by atoms with Gasteiger partial charge in [-0.15, -0.1) is 0 Å². The summed E-state index contributed by atoms with van der Waals surface area (Å²) in [6.45, 7) is 3.50. The fourth-order valence-corrected chi connectivity index (χ4v) is 2.33. The standard InChI is InChI=1S/C18H17ClF2N2O2/c1-10(2)16(23-17(24)11-3-5-12(19)6-4-11)18(25)22-15-8-13(20)7-14(21)9-15/h3-10,16H,1-2H3,(H,22,25)(H,23,24)/t16-/m0/s1. The molecule has 0 fully saturated rings. The molecule has 4 nitrogen and oxygen atoms in total. The average Bonchev–Trinajstić information content (AvgIpc) is 2.51. The Morgan fingerprint density at radius 3 is 2.08 bits per heavy atom. The van der Waals surface area contributed by atoms with Gasteiger partial charge in [-0.25, -0.2) is 8.78 Å². The number of halogens is 3. The number of anilines is 1. The quantitative estimate of drug-likeness (QED) is 0.840. The summed E-state index contributed by atoms with van der Waals surface area (Å²) in [4.78, 5) is 24.7. The lowest BCUT2D eigenvalue weighted by Gasteiger charge is -2.22. The molecule has 0 saturated carbocycles. The Hall–Kier alpha value is -2.47. The van der Waals surface area contributed by atoms with Crippen molar-refractivity contribution in [3.8, 4) is 0 Å². The minimum absolute atomic E-state index is 0.0195. The maximum Gasteiger partial charge on any atom is 0.251 e. The van der Waals surface area contributed by atoms with Crippen molar-refractivity contribution < 1.29 is 18.4 Å². The minimum atomic E-state index is -0.880. The van der Waals surface area contributed by atoms with Crippen LogP contribution in [-0.2, 0) is 4.79 Å². The van der Waals surface area contributed by atoms with Gasteiger partial charge >= 0.3 is 0 Å². The number of hydrogen-bond acceptors (Lipinski definition) is 2. The predicted molar refractivity (Wildman–Crippen MR) is 92.5 cm³/mol. The van der Waals surface area contributed by atoms with Crippen LogP contribution in [0, 0.1) is 17.6 Å². The second-order valence-electron chi connectivity index (χ2n) is 5.85. The summed E-state index contributed by atoms with van der Waals surface area (Å²) in [5.74, 6) is -2.86. The normalized spacial score (nSPS) is 11.9. The molecule has 2 rings (SSSR count). The molecule has 0 bridgehead atoms. The Balaban J connectivity index is 2.12. The fraction of sp³-hybridized carbons (Fsp3) is 0.222. The van der Waals surface area contributed by atoms with E-state index in [1.807, 2.05) is 0 Å². The number of carbonyl (C=O) groups is 2. The summed E-state index contributed by atoms with van der Waals surface area (Å²) in [6.07, 6.45) is 0. The van der Waals surface area contributed by atoms with Crippen molar-refractivity contribution in [2.24, 2.45) is 5.92 Å². The van der Waals surface area contributed by atoms with Gasteiger partial charge in [-0.3, -0.25) is 9.59 Å². The van der Waals surface area contributed by atoms with Crippen LogP contribution in [0.5, 0.6) is 0 Å². The summed E-state index contributed by atoms with van der Waals surface area (Å²) >= 11 is 5.78. The van der Waals surface area contributed by atoms with E-state index in [1.165, 1.54) is 12.1 Å². The Labute approximate surface area is 149 Å². The Bertz CT molecular complexity index is 759. The first kappa shape index (κ1) is 18.9. The molecule has 0 radical (unpaired) electrons. The molecule has 0 aliphatic rings. The van der Waals surface area contributed by atoms with Crippen LogP contribution in [0.3, 0.4) is 0 Å². The number of nitrogens with one attached hydrogen (secondary N) is 2. The van der Waals surface area contributed by atoms with Gasteiger partial charge in [-0.1, -0.05) is 25.4 Å². The number of carbonyl (C=O) groups excluding carboxylic acids is 2. The van der Waals surface area contributed by atoms with E-state index >= 15 is 0 Å². The first-order valence-electron chi connectivity index (χ1n) is 7.59. The minimum Gasteiger partial charge on any atom is -0.340 e. The molecule has 25 heavy (non-hydrogen) atoms. The number of benzene rings is 2.